The van der Waals surface area contributed by atoms with Crippen molar-refractivity contribution in [2.24, 2.45) is 0 Å². The van der Waals surface area contributed by atoms with Crippen molar-refractivity contribution in [2.45, 2.75) is 40.2 Å². The fourth-order valence-corrected chi connectivity index (χ4v) is 0.834. The second-order valence-corrected chi connectivity index (χ2v) is 2.79. The molecule has 0 aromatic carbocycles. The maximum atomic E-state index is 10.8. The zero-order chi connectivity index (χ0) is 9.02. The van der Waals surface area contributed by atoms with E-state index < -0.39 is 6.10 Å². The molecule has 0 aromatic heterocycles. The van der Waals surface area contributed by atoms with Crippen molar-refractivity contribution in [2.75, 3.05) is 0 Å². The van der Waals surface area contributed by atoms with Crippen molar-refractivity contribution in [3.8, 4) is 0 Å². The standard InChI is InChI=1S/C9H16O2/c1-5-9(11)7(3)6(2)8(4)10/h9,11H,5H2,1-4H3/b7-6+. The molecule has 11 heavy (non-hydrogen) atoms. The Balaban J connectivity index is 4.51. The highest BCUT2D eigenvalue weighted by Gasteiger charge is 2.08. The van der Waals surface area contributed by atoms with Crippen molar-refractivity contribution < 1.29 is 9.90 Å². The van der Waals surface area contributed by atoms with Gasteiger partial charge in [-0.15, -0.1) is 0 Å². The summed E-state index contributed by atoms with van der Waals surface area (Å²) in [6.07, 6.45) is 0.204. The maximum absolute atomic E-state index is 10.8. The molecule has 2 heteroatoms. The van der Waals surface area contributed by atoms with Crippen LogP contribution in [0.1, 0.15) is 34.1 Å². The van der Waals surface area contributed by atoms with Gasteiger partial charge in [0.15, 0.2) is 5.78 Å². The molecule has 0 saturated heterocycles. The van der Waals surface area contributed by atoms with Crippen LogP contribution in [-0.2, 0) is 4.79 Å². The number of carbonyl (C=O) groups excluding carboxylic acids is 1. The van der Waals surface area contributed by atoms with Crippen LogP contribution in [0.25, 0.3) is 0 Å². The van der Waals surface area contributed by atoms with Gasteiger partial charge < -0.3 is 5.11 Å². The first kappa shape index (κ1) is 10.4. The summed E-state index contributed by atoms with van der Waals surface area (Å²) in [6.45, 7) is 6.95. The fraction of sp³-hybridized carbons (Fsp3) is 0.667. The molecule has 0 aromatic rings. The highest BCUT2D eigenvalue weighted by atomic mass is 16.3. The molecule has 0 spiro atoms. The molecule has 0 heterocycles. The second kappa shape index (κ2) is 4.29. The number of Topliss-reactive ketones (excluding diaryl/α,β-unsaturated/α-hetero) is 1. The van der Waals surface area contributed by atoms with Crippen LogP contribution >= 0.6 is 0 Å². The van der Waals surface area contributed by atoms with Crippen molar-refractivity contribution >= 4 is 5.78 Å². The van der Waals surface area contributed by atoms with E-state index in [9.17, 15) is 9.90 Å². The third-order valence-corrected chi connectivity index (χ3v) is 2.01. The van der Waals surface area contributed by atoms with Crippen molar-refractivity contribution in [3.63, 3.8) is 0 Å². The van der Waals surface area contributed by atoms with Gasteiger partial charge in [-0.05, 0) is 38.3 Å². The lowest BCUT2D eigenvalue weighted by atomic mass is 10.0. The lowest BCUT2D eigenvalue weighted by Crippen LogP contribution is -2.10. The first-order valence-corrected chi connectivity index (χ1v) is 3.87. The van der Waals surface area contributed by atoms with Gasteiger partial charge >= 0.3 is 0 Å². The lowest BCUT2D eigenvalue weighted by molar-refractivity contribution is -0.113. The smallest absolute Gasteiger partial charge is 0.155 e. The molecule has 0 bridgehead atoms. The molecule has 0 aliphatic carbocycles. The Hall–Kier alpha value is -0.630. The van der Waals surface area contributed by atoms with E-state index in [1.807, 2.05) is 6.92 Å². The summed E-state index contributed by atoms with van der Waals surface area (Å²) < 4.78 is 0. The molecule has 0 saturated carbocycles. The van der Waals surface area contributed by atoms with Crippen molar-refractivity contribution in [3.05, 3.63) is 11.1 Å². The van der Waals surface area contributed by atoms with E-state index in [-0.39, 0.29) is 5.78 Å². The van der Waals surface area contributed by atoms with Crippen LogP contribution in [0.4, 0.5) is 0 Å². The van der Waals surface area contributed by atoms with Crippen molar-refractivity contribution in [1.29, 1.82) is 0 Å². The highest BCUT2D eigenvalue weighted by molar-refractivity contribution is 5.93. The van der Waals surface area contributed by atoms with Crippen LogP contribution in [0.2, 0.25) is 0 Å². The van der Waals surface area contributed by atoms with Gasteiger partial charge in [0.05, 0.1) is 6.10 Å². The Kier molecular flexibility index (Phi) is 4.04. The molecular weight excluding hydrogens is 140 g/mol. The lowest BCUT2D eigenvalue weighted by Gasteiger charge is -2.10. The molecular formula is C9H16O2. The monoisotopic (exact) mass is 156 g/mol. The number of aliphatic hydroxyl groups is 1. The zero-order valence-electron chi connectivity index (χ0n) is 7.64. The molecule has 0 rings (SSSR count). The van der Waals surface area contributed by atoms with E-state index in [0.717, 1.165) is 5.57 Å². The molecule has 64 valence electrons. The summed E-state index contributed by atoms with van der Waals surface area (Å²) in [5.41, 5.74) is 1.47. The Morgan fingerprint density at radius 1 is 1.36 bits per heavy atom. The quantitative estimate of drug-likeness (QED) is 0.631. The summed E-state index contributed by atoms with van der Waals surface area (Å²) in [4.78, 5) is 10.8. The van der Waals surface area contributed by atoms with E-state index in [1.165, 1.54) is 6.92 Å². The summed E-state index contributed by atoms with van der Waals surface area (Å²) in [5.74, 6) is 0.0370. The second-order valence-electron chi connectivity index (χ2n) is 2.79. The third kappa shape index (κ3) is 2.85. The topological polar surface area (TPSA) is 37.3 Å². The minimum absolute atomic E-state index is 0.0370. The number of carbonyl (C=O) groups is 1. The summed E-state index contributed by atoms with van der Waals surface area (Å²) >= 11 is 0. The predicted octanol–water partition coefficient (Wildman–Crippen LogP) is 1.68. The Bertz CT molecular complexity index is 180. The Morgan fingerprint density at radius 3 is 2.09 bits per heavy atom. The molecule has 0 aliphatic rings. The molecule has 0 radical (unpaired) electrons. The first-order chi connectivity index (χ1) is 5.00. The van der Waals surface area contributed by atoms with Crippen LogP contribution in [0.5, 0.6) is 0 Å². The van der Waals surface area contributed by atoms with Gasteiger partial charge in [-0.2, -0.15) is 0 Å². The maximum Gasteiger partial charge on any atom is 0.155 e. The minimum Gasteiger partial charge on any atom is -0.389 e. The van der Waals surface area contributed by atoms with Crippen molar-refractivity contribution in [1.82, 2.24) is 0 Å². The average Bonchev–Trinajstić information content (AvgIpc) is 2.00. The summed E-state index contributed by atoms with van der Waals surface area (Å²) in [5, 5.41) is 9.34. The number of allylic oxidation sites excluding steroid dienone is 1. The number of hydrogen-bond donors (Lipinski definition) is 1. The van der Waals surface area contributed by atoms with Gasteiger partial charge in [0.1, 0.15) is 0 Å². The van der Waals surface area contributed by atoms with Gasteiger partial charge in [-0.25, -0.2) is 0 Å². The Morgan fingerprint density at radius 2 is 1.82 bits per heavy atom. The number of rotatable bonds is 3. The van der Waals surface area contributed by atoms with E-state index >= 15 is 0 Å². The molecule has 1 atom stereocenters. The molecule has 1 unspecified atom stereocenters. The molecule has 1 N–H and O–H groups in total. The van der Waals surface area contributed by atoms with E-state index in [2.05, 4.69) is 0 Å². The predicted molar refractivity (Wildman–Crippen MR) is 45.4 cm³/mol. The van der Waals surface area contributed by atoms with Crippen LogP contribution < -0.4 is 0 Å². The largest absolute Gasteiger partial charge is 0.389 e. The first-order valence-electron chi connectivity index (χ1n) is 3.87. The summed E-state index contributed by atoms with van der Waals surface area (Å²) in [6, 6.07) is 0. The van der Waals surface area contributed by atoms with Gasteiger partial charge in [0, 0.05) is 0 Å². The third-order valence-electron chi connectivity index (χ3n) is 2.01. The van der Waals surface area contributed by atoms with Gasteiger partial charge in [0.2, 0.25) is 0 Å². The molecule has 0 fully saturated rings. The average molecular weight is 156 g/mol. The normalized spacial score (nSPS) is 15.7. The van der Waals surface area contributed by atoms with Crippen LogP contribution in [0, 0.1) is 0 Å². The van der Waals surface area contributed by atoms with Gasteiger partial charge in [-0.1, -0.05) is 6.92 Å². The number of ketones is 1. The van der Waals surface area contributed by atoms with Crippen LogP contribution in [0.15, 0.2) is 11.1 Å². The zero-order valence-corrected chi connectivity index (χ0v) is 7.64. The molecule has 2 nitrogen and oxygen atoms in total. The SMILES string of the molecule is CCC(O)/C(C)=C(\C)C(C)=O. The van der Waals surface area contributed by atoms with Crippen LogP contribution in [0.3, 0.4) is 0 Å². The van der Waals surface area contributed by atoms with E-state index in [1.54, 1.807) is 13.8 Å². The molecule has 0 amide bonds. The number of aliphatic hydroxyl groups excluding tert-OH is 1. The van der Waals surface area contributed by atoms with Gasteiger partial charge in [-0.3, -0.25) is 4.79 Å². The summed E-state index contributed by atoms with van der Waals surface area (Å²) in [7, 11) is 0. The number of hydrogen-bond acceptors (Lipinski definition) is 2. The minimum atomic E-state index is -0.459. The van der Waals surface area contributed by atoms with Gasteiger partial charge in [0.25, 0.3) is 0 Å². The van der Waals surface area contributed by atoms with Crippen LogP contribution in [-0.4, -0.2) is 17.0 Å². The fourth-order valence-electron chi connectivity index (χ4n) is 0.834. The Labute approximate surface area is 67.9 Å². The highest BCUT2D eigenvalue weighted by Crippen LogP contribution is 2.11. The van der Waals surface area contributed by atoms with E-state index in [4.69, 9.17) is 0 Å². The molecule has 0 aliphatic heterocycles. The van der Waals surface area contributed by atoms with E-state index in [0.29, 0.717) is 12.0 Å².